The Labute approximate surface area is 97.6 Å². The van der Waals surface area contributed by atoms with Crippen molar-refractivity contribution in [3.8, 4) is 0 Å². The van der Waals surface area contributed by atoms with Crippen molar-refractivity contribution in [2.24, 2.45) is 7.05 Å². The minimum Gasteiger partial charge on any atom is -0.312 e. The molecule has 0 spiro atoms. The van der Waals surface area contributed by atoms with Crippen molar-refractivity contribution in [3.05, 3.63) is 40.3 Å². The topological polar surface area (TPSA) is 22.0 Å². The lowest BCUT2D eigenvalue weighted by molar-refractivity contribution is 0.824. The zero-order valence-corrected chi connectivity index (χ0v) is 10.5. The number of nitrogens with zero attached hydrogens (tertiary/aromatic N) is 1. The first-order valence-corrected chi connectivity index (χ1v) is 6.06. The van der Waals surface area contributed by atoms with E-state index < -0.39 is 0 Å². The number of hydrogen-bond donors (Lipinski definition) is 0. The quantitative estimate of drug-likeness (QED) is 0.744. The van der Waals surface area contributed by atoms with Crippen LogP contribution in [0.25, 0.3) is 5.57 Å². The average Bonchev–Trinajstić information content (AvgIpc) is 2.28. The van der Waals surface area contributed by atoms with Crippen molar-refractivity contribution in [1.82, 2.24) is 4.57 Å². The molecule has 0 unspecified atom stereocenters. The molecule has 1 aromatic heterocycles. The molecule has 0 bridgehead atoms. The SMILES string of the molecule is CCC/C=C(\CCC)c1cccc(=O)n1C. The fourth-order valence-electron chi connectivity index (χ4n) is 1.81. The second kappa shape index (κ2) is 6.31. The fourth-order valence-corrected chi connectivity index (χ4v) is 1.81. The molecule has 0 atom stereocenters. The van der Waals surface area contributed by atoms with Crippen molar-refractivity contribution in [3.63, 3.8) is 0 Å². The Bertz CT molecular complexity index is 415. The van der Waals surface area contributed by atoms with Crippen LogP contribution in [-0.4, -0.2) is 4.57 Å². The maximum atomic E-state index is 11.6. The van der Waals surface area contributed by atoms with Crippen LogP contribution in [0.4, 0.5) is 0 Å². The highest BCUT2D eigenvalue weighted by atomic mass is 16.1. The van der Waals surface area contributed by atoms with Gasteiger partial charge in [-0.05, 0) is 24.5 Å². The van der Waals surface area contributed by atoms with Crippen LogP contribution in [0.15, 0.2) is 29.1 Å². The van der Waals surface area contributed by atoms with Gasteiger partial charge in [0, 0.05) is 18.8 Å². The average molecular weight is 219 g/mol. The summed E-state index contributed by atoms with van der Waals surface area (Å²) in [7, 11) is 1.84. The van der Waals surface area contributed by atoms with Gasteiger partial charge in [-0.3, -0.25) is 4.79 Å². The Balaban J connectivity index is 3.10. The summed E-state index contributed by atoms with van der Waals surface area (Å²) in [5, 5.41) is 0. The number of unbranched alkanes of at least 4 members (excludes halogenated alkanes) is 1. The molecule has 0 saturated heterocycles. The van der Waals surface area contributed by atoms with Crippen LogP contribution in [0.3, 0.4) is 0 Å². The normalized spacial score (nSPS) is 11.8. The van der Waals surface area contributed by atoms with Gasteiger partial charge >= 0.3 is 0 Å². The molecule has 2 heteroatoms. The monoisotopic (exact) mass is 219 g/mol. The first kappa shape index (κ1) is 12.8. The van der Waals surface area contributed by atoms with Crippen LogP contribution in [0.1, 0.15) is 45.2 Å². The van der Waals surface area contributed by atoms with Crippen molar-refractivity contribution < 1.29 is 0 Å². The smallest absolute Gasteiger partial charge is 0.250 e. The number of pyridine rings is 1. The van der Waals surface area contributed by atoms with Crippen LogP contribution in [0.5, 0.6) is 0 Å². The second-order valence-electron chi connectivity index (χ2n) is 4.08. The summed E-state index contributed by atoms with van der Waals surface area (Å²) in [6.45, 7) is 4.34. The summed E-state index contributed by atoms with van der Waals surface area (Å²) < 4.78 is 1.73. The Hall–Kier alpha value is -1.31. The molecular formula is C14H21NO. The van der Waals surface area contributed by atoms with Gasteiger partial charge in [-0.1, -0.05) is 38.8 Å². The molecule has 0 aliphatic heterocycles. The maximum Gasteiger partial charge on any atom is 0.250 e. The molecule has 0 saturated carbocycles. The summed E-state index contributed by atoms with van der Waals surface area (Å²) in [4.78, 5) is 11.6. The molecule has 1 heterocycles. The fraction of sp³-hybridized carbons (Fsp3) is 0.500. The van der Waals surface area contributed by atoms with E-state index in [0.717, 1.165) is 31.4 Å². The van der Waals surface area contributed by atoms with E-state index in [-0.39, 0.29) is 5.56 Å². The first-order chi connectivity index (χ1) is 7.70. The molecule has 0 aliphatic carbocycles. The van der Waals surface area contributed by atoms with E-state index in [2.05, 4.69) is 19.9 Å². The third-order valence-corrected chi connectivity index (χ3v) is 2.71. The number of rotatable bonds is 5. The minimum absolute atomic E-state index is 0.0657. The lowest BCUT2D eigenvalue weighted by Crippen LogP contribution is -2.18. The minimum atomic E-state index is 0.0657. The van der Waals surface area contributed by atoms with E-state index in [1.54, 1.807) is 10.6 Å². The van der Waals surface area contributed by atoms with E-state index in [9.17, 15) is 4.79 Å². The van der Waals surface area contributed by atoms with Crippen molar-refractivity contribution in [2.45, 2.75) is 39.5 Å². The molecule has 0 fully saturated rings. The molecule has 0 amide bonds. The van der Waals surface area contributed by atoms with Gasteiger partial charge in [-0.25, -0.2) is 0 Å². The van der Waals surface area contributed by atoms with Gasteiger partial charge in [0.1, 0.15) is 0 Å². The van der Waals surface area contributed by atoms with Crippen molar-refractivity contribution in [1.29, 1.82) is 0 Å². The standard InChI is InChI=1S/C14H21NO/c1-4-6-9-12(8-5-2)13-10-7-11-14(16)15(13)3/h7,9-11H,4-6,8H2,1-3H3/b12-9+. The molecule has 0 aromatic carbocycles. The summed E-state index contributed by atoms with van der Waals surface area (Å²) in [5.74, 6) is 0. The van der Waals surface area contributed by atoms with Crippen molar-refractivity contribution in [2.75, 3.05) is 0 Å². The highest BCUT2D eigenvalue weighted by Crippen LogP contribution is 2.19. The molecule has 0 aliphatic rings. The Morgan fingerprint density at radius 1 is 1.31 bits per heavy atom. The number of hydrogen-bond acceptors (Lipinski definition) is 1. The second-order valence-corrected chi connectivity index (χ2v) is 4.08. The van der Waals surface area contributed by atoms with Crippen LogP contribution in [-0.2, 0) is 7.05 Å². The highest BCUT2D eigenvalue weighted by molar-refractivity contribution is 5.62. The van der Waals surface area contributed by atoms with Crippen LogP contribution < -0.4 is 5.56 Å². The van der Waals surface area contributed by atoms with Crippen LogP contribution >= 0.6 is 0 Å². The van der Waals surface area contributed by atoms with Crippen LogP contribution in [0, 0.1) is 0 Å². The van der Waals surface area contributed by atoms with E-state index in [0.29, 0.717) is 0 Å². The van der Waals surface area contributed by atoms with Crippen molar-refractivity contribution >= 4 is 5.57 Å². The lowest BCUT2D eigenvalue weighted by atomic mass is 10.0. The van der Waals surface area contributed by atoms with Gasteiger partial charge in [0.2, 0.25) is 0 Å². The van der Waals surface area contributed by atoms with Crippen LogP contribution in [0.2, 0.25) is 0 Å². The maximum absolute atomic E-state index is 11.6. The third kappa shape index (κ3) is 3.09. The zero-order valence-electron chi connectivity index (χ0n) is 10.5. The largest absolute Gasteiger partial charge is 0.312 e. The zero-order chi connectivity index (χ0) is 12.0. The predicted molar refractivity (Wildman–Crippen MR) is 69.5 cm³/mol. The number of allylic oxidation sites excluding steroid dienone is 2. The van der Waals surface area contributed by atoms with Gasteiger partial charge < -0.3 is 4.57 Å². The van der Waals surface area contributed by atoms with Gasteiger partial charge in [0.05, 0.1) is 0 Å². The van der Waals surface area contributed by atoms with Gasteiger partial charge in [0.15, 0.2) is 0 Å². The Kier molecular flexibility index (Phi) is 5.03. The Morgan fingerprint density at radius 3 is 2.69 bits per heavy atom. The molecule has 0 radical (unpaired) electrons. The lowest BCUT2D eigenvalue weighted by Gasteiger charge is -2.11. The van der Waals surface area contributed by atoms with E-state index in [1.165, 1.54) is 5.57 Å². The number of aromatic nitrogens is 1. The molecular weight excluding hydrogens is 198 g/mol. The summed E-state index contributed by atoms with van der Waals surface area (Å²) in [6.07, 6.45) is 6.64. The molecule has 2 nitrogen and oxygen atoms in total. The van der Waals surface area contributed by atoms with Gasteiger partial charge in [-0.15, -0.1) is 0 Å². The molecule has 1 aromatic rings. The highest BCUT2D eigenvalue weighted by Gasteiger charge is 2.04. The van der Waals surface area contributed by atoms with Gasteiger partial charge in [0.25, 0.3) is 5.56 Å². The molecule has 16 heavy (non-hydrogen) atoms. The van der Waals surface area contributed by atoms with E-state index >= 15 is 0 Å². The van der Waals surface area contributed by atoms with Gasteiger partial charge in [-0.2, -0.15) is 0 Å². The third-order valence-electron chi connectivity index (χ3n) is 2.71. The first-order valence-electron chi connectivity index (χ1n) is 6.06. The predicted octanol–water partition coefficient (Wildman–Crippen LogP) is 3.37. The summed E-state index contributed by atoms with van der Waals surface area (Å²) in [5.41, 5.74) is 2.42. The molecule has 1 rings (SSSR count). The molecule has 88 valence electrons. The summed E-state index contributed by atoms with van der Waals surface area (Å²) >= 11 is 0. The van der Waals surface area contributed by atoms with E-state index in [4.69, 9.17) is 0 Å². The van der Waals surface area contributed by atoms with E-state index in [1.807, 2.05) is 19.2 Å². The summed E-state index contributed by atoms with van der Waals surface area (Å²) in [6, 6.07) is 5.47. The molecule has 0 N–H and O–H groups in total. The Morgan fingerprint density at radius 2 is 2.06 bits per heavy atom.